The zero-order valence-electron chi connectivity index (χ0n) is 10.6. The van der Waals surface area contributed by atoms with E-state index >= 15 is 0 Å². The molecule has 2 heterocycles. The minimum absolute atomic E-state index is 0.0548. The summed E-state index contributed by atoms with van der Waals surface area (Å²) < 4.78 is 15.7. The van der Waals surface area contributed by atoms with Crippen LogP contribution in [0.5, 0.6) is 0 Å². The summed E-state index contributed by atoms with van der Waals surface area (Å²) in [5.41, 5.74) is 0.853. The van der Waals surface area contributed by atoms with Crippen molar-refractivity contribution in [3.63, 3.8) is 0 Å². The maximum Gasteiger partial charge on any atom is 0.180 e. The van der Waals surface area contributed by atoms with Crippen molar-refractivity contribution in [2.75, 3.05) is 17.7 Å². The van der Waals surface area contributed by atoms with Crippen LogP contribution >= 0.6 is 11.6 Å². The van der Waals surface area contributed by atoms with E-state index in [9.17, 15) is 4.39 Å². The van der Waals surface area contributed by atoms with E-state index in [1.807, 2.05) is 0 Å². The topological polar surface area (TPSA) is 54.2 Å². The normalized spacial score (nSPS) is 10.8. The van der Waals surface area contributed by atoms with Crippen molar-refractivity contribution in [3.8, 4) is 0 Å². The van der Waals surface area contributed by atoms with Crippen LogP contribution in [0.4, 0.5) is 21.7 Å². The maximum atomic E-state index is 13.9. The van der Waals surface area contributed by atoms with E-state index in [1.165, 1.54) is 6.07 Å². The summed E-state index contributed by atoms with van der Waals surface area (Å²) in [4.78, 5) is 8.54. The molecule has 0 aliphatic heterocycles. The van der Waals surface area contributed by atoms with Crippen molar-refractivity contribution in [1.82, 2.24) is 14.4 Å². The molecular formula is C13H11ClFN5. The van der Waals surface area contributed by atoms with E-state index in [0.717, 1.165) is 0 Å². The van der Waals surface area contributed by atoms with Crippen LogP contribution in [0.3, 0.4) is 0 Å². The molecule has 0 aliphatic rings. The minimum atomic E-state index is -0.518. The van der Waals surface area contributed by atoms with Gasteiger partial charge in [0, 0.05) is 19.4 Å². The van der Waals surface area contributed by atoms with Gasteiger partial charge in [-0.05, 0) is 12.1 Å². The summed E-state index contributed by atoms with van der Waals surface area (Å²) in [5, 5.41) is 5.92. The van der Waals surface area contributed by atoms with Crippen LogP contribution in [0, 0.1) is 5.82 Å². The molecular weight excluding hydrogens is 281 g/mol. The number of hydrogen-bond acceptors (Lipinski definition) is 4. The molecule has 102 valence electrons. The number of nitrogens with zero attached hydrogens (tertiary/aromatic N) is 3. The molecule has 0 spiro atoms. The number of halogens is 2. The molecule has 1 aromatic carbocycles. The van der Waals surface area contributed by atoms with Crippen LogP contribution in [-0.4, -0.2) is 21.4 Å². The highest BCUT2D eigenvalue weighted by Gasteiger charge is 2.11. The predicted molar refractivity (Wildman–Crippen MR) is 77.2 cm³/mol. The highest BCUT2D eigenvalue weighted by atomic mass is 35.5. The average Bonchev–Trinajstić information content (AvgIpc) is 2.92. The monoisotopic (exact) mass is 291 g/mol. The standard InChI is InChI=1S/C13H11ClFN5/c1-16-10-7-20-6-5-17-13(20)12(19-10)18-9-4-2-3-8(14)11(9)15/h2-7,16H,1H3,(H,18,19). The Balaban J connectivity index is 2.10. The summed E-state index contributed by atoms with van der Waals surface area (Å²) in [6.07, 6.45) is 5.23. The molecule has 0 saturated carbocycles. The van der Waals surface area contributed by atoms with E-state index in [0.29, 0.717) is 17.3 Å². The van der Waals surface area contributed by atoms with E-state index in [2.05, 4.69) is 20.6 Å². The molecule has 0 amide bonds. The van der Waals surface area contributed by atoms with Gasteiger partial charge in [-0.3, -0.25) is 0 Å². The Kier molecular flexibility index (Phi) is 3.15. The minimum Gasteiger partial charge on any atom is -0.372 e. The fraction of sp³-hybridized carbons (Fsp3) is 0.0769. The van der Waals surface area contributed by atoms with Gasteiger partial charge in [-0.25, -0.2) is 14.4 Å². The van der Waals surface area contributed by atoms with Gasteiger partial charge in [0.05, 0.1) is 16.9 Å². The second-order valence-electron chi connectivity index (χ2n) is 4.11. The van der Waals surface area contributed by atoms with Gasteiger partial charge in [-0.1, -0.05) is 17.7 Å². The Morgan fingerprint density at radius 1 is 1.35 bits per heavy atom. The second-order valence-corrected chi connectivity index (χ2v) is 4.52. The summed E-state index contributed by atoms with van der Waals surface area (Å²) in [6, 6.07) is 4.75. The highest BCUT2D eigenvalue weighted by molar-refractivity contribution is 6.31. The Morgan fingerprint density at radius 3 is 3.00 bits per heavy atom. The third kappa shape index (κ3) is 2.14. The van der Waals surface area contributed by atoms with Gasteiger partial charge in [-0.2, -0.15) is 0 Å². The Morgan fingerprint density at radius 2 is 2.20 bits per heavy atom. The number of anilines is 3. The predicted octanol–water partition coefficient (Wildman–Crippen LogP) is 3.31. The Labute approximate surface area is 119 Å². The lowest BCUT2D eigenvalue weighted by atomic mass is 10.3. The van der Waals surface area contributed by atoms with Gasteiger partial charge in [0.15, 0.2) is 17.3 Å². The smallest absolute Gasteiger partial charge is 0.180 e. The SMILES string of the molecule is CNc1cn2ccnc2c(Nc2cccc(Cl)c2F)n1. The molecule has 20 heavy (non-hydrogen) atoms. The molecule has 0 fully saturated rings. The molecule has 7 heteroatoms. The summed E-state index contributed by atoms with van der Waals surface area (Å²) >= 11 is 5.77. The Bertz CT molecular complexity index is 771. The van der Waals surface area contributed by atoms with Crippen molar-refractivity contribution in [3.05, 3.63) is 47.6 Å². The first-order valence-corrected chi connectivity index (χ1v) is 6.29. The van der Waals surface area contributed by atoms with Crippen LogP contribution in [0.2, 0.25) is 5.02 Å². The van der Waals surface area contributed by atoms with Crippen LogP contribution in [0.1, 0.15) is 0 Å². The van der Waals surface area contributed by atoms with Gasteiger partial charge in [0.2, 0.25) is 0 Å². The van der Waals surface area contributed by atoms with Crippen molar-refractivity contribution < 1.29 is 4.39 Å². The van der Waals surface area contributed by atoms with Gasteiger partial charge < -0.3 is 15.0 Å². The largest absolute Gasteiger partial charge is 0.372 e. The third-order valence-corrected chi connectivity index (χ3v) is 3.13. The first kappa shape index (κ1) is 12.7. The third-order valence-electron chi connectivity index (χ3n) is 2.83. The zero-order chi connectivity index (χ0) is 14.1. The lowest BCUT2D eigenvalue weighted by molar-refractivity contribution is 0.632. The van der Waals surface area contributed by atoms with Crippen LogP contribution in [0.25, 0.3) is 5.65 Å². The summed E-state index contributed by atoms with van der Waals surface area (Å²) in [5.74, 6) is 0.569. The highest BCUT2D eigenvalue weighted by Crippen LogP contribution is 2.26. The van der Waals surface area contributed by atoms with E-state index in [4.69, 9.17) is 11.6 Å². The number of fused-ring (bicyclic) bond motifs is 1. The van der Waals surface area contributed by atoms with Crippen molar-refractivity contribution in [2.45, 2.75) is 0 Å². The van der Waals surface area contributed by atoms with Gasteiger partial charge >= 0.3 is 0 Å². The molecule has 2 aromatic heterocycles. The van der Waals surface area contributed by atoms with Gasteiger partial charge in [0.1, 0.15) is 5.82 Å². The molecule has 0 radical (unpaired) electrons. The second kappa shape index (κ2) is 4.97. The molecule has 3 rings (SSSR count). The molecule has 5 nitrogen and oxygen atoms in total. The van der Waals surface area contributed by atoms with Gasteiger partial charge in [-0.15, -0.1) is 0 Å². The first-order chi connectivity index (χ1) is 9.69. The maximum absolute atomic E-state index is 13.9. The fourth-order valence-corrected chi connectivity index (χ4v) is 2.04. The van der Waals surface area contributed by atoms with E-state index < -0.39 is 5.82 Å². The molecule has 0 aliphatic carbocycles. The van der Waals surface area contributed by atoms with Gasteiger partial charge in [0.25, 0.3) is 0 Å². The van der Waals surface area contributed by atoms with Crippen LogP contribution in [-0.2, 0) is 0 Å². The molecule has 0 unspecified atom stereocenters. The molecule has 0 bridgehead atoms. The summed E-state index contributed by atoms with van der Waals surface area (Å²) in [7, 11) is 1.76. The number of hydrogen-bond donors (Lipinski definition) is 2. The first-order valence-electron chi connectivity index (χ1n) is 5.91. The number of aromatic nitrogens is 3. The van der Waals surface area contributed by atoms with E-state index in [1.54, 1.807) is 42.2 Å². The fourth-order valence-electron chi connectivity index (χ4n) is 1.86. The van der Waals surface area contributed by atoms with E-state index in [-0.39, 0.29) is 10.7 Å². The quantitative estimate of drug-likeness (QED) is 0.777. The van der Waals surface area contributed by atoms with Crippen molar-refractivity contribution in [2.24, 2.45) is 0 Å². The summed E-state index contributed by atoms with van der Waals surface area (Å²) in [6.45, 7) is 0. The van der Waals surface area contributed by atoms with Crippen molar-refractivity contribution in [1.29, 1.82) is 0 Å². The zero-order valence-corrected chi connectivity index (χ0v) is 11.3. The Hall–Kier alpha value is -2.34. The molecule has 3 aromatic rings. The number of rotatable bonds is 3. The molecule has 2 N–H and O–H groups in total. The molecule has 0 atom stereocenters. The molecule has 0 saturated heterocycles. The average molecular weight is 292 g/mol. The number of benzene rings is 1. The lowest BCUT2D eigenvalue weighted by Gasteiger charge is -2.10. The van der Waals surface area contributed by atoms with Crippen LogP contribution in [0.15, 0.2) is 36.8 Å². The number of imidazole rings is 1. The van der Waals surface area contributed by atoms with Crippen LogP contribution < -0.4 is 10.6 Å². The lowest BCUT2D eigenvalue weighted by Crippen LogP contribution is -2.03. The van der Waals surface area contributed by atoms with Crippen molar-refractivity contribution >= 4 is 34.6 Å². The number of nitrogens with one attached hydrogen (secondary N) is 2.